The Morgan fingerprint density at radius 2 is 1.05 bits per heavy atom. The number of rotatable bonds is 0. The zero-order chi connectivity index (χ0) is 15.9. The molecule has 1 heterocycles. The van der Waals surface area contributed by atoms with Crippen LogP contribution in [0, 0.1) is 0 Å². The van der Waals surface area contributed by atoms with Gasteiger partial charge < -0.3 is 18.9 Å². The van der Waals surface area contributed by atoms with E-state index in [1.54, 1.807) is 12.2 Å². The molecule has 0 bridgehead atoms. The number of cyclic esters (lactones) is 2. The van der Waals surface area contributed by atoms with Gasteiger partial charge in [0, 0.05) is 12.2 Å². The third-order valence-corrected chi connectivity index (χ3v) is 2.82. The van der Waals surface area contributed by atoms with E-state index in [0.29, 0.717) is 26.4 Å². The van der Waals surface area contributed by atoms with Gasteiger partial charge in [0.05, 0.1) is 26.4 Å². The van der Waals surface area contributed by atoms with Crippen molar-refractivity contribution in [1.82, 2.24) is 0 Å². The van der Waals surface area contributed by atoms with Crippen molar-refractivity contribution >= 4 is 11.9 Å². The number of esters is 2. The molecule has 6 heteroatoms. The maximum absolute atomic E-state index is 11.3. The largest absolute Gasteiger partial charge is 0.460 e. The molecule has 0 aliphatic carbocycles. The molecular formula is C16H24O6. The third-order valence-electron chi connectivity index (χ3n) is 2.82. The van der Waals surface area contributed by atoms with E-state index < -0.39 is 0 Å². The monoisotopic (exact) mass is 312 g/mol. The zero-order valence-corrected chi connectivity index (χ0v) is 12.8. The lowest BCUT2D eigenvalue weighted by Gasteiger charge is -2.06. The SMILES string of the molecule is O=C1C=CCCCCC=CC(=O)OCCOCCOCCO1. The van der Waals surface area contributed by atoms with Crippen LogP contribution in [-0.4, -0.2) is 51.6 Å². The fourth-order valence-electron chi connectivity index (χ4n) is 1.70. The lowest BCUT2D eigenvalue weighted by atomic mass is 10.2. The molecule has 0 saturated heterocycles. The third kappa shape index (κ3) is 11.0. The van der Waals surface area contributed by atoms with E-state index in [2.05, 4.69) is 0 Å². The average molecular weight is 312 g/mol. The molecule has 0 saturated carbocycles. The van der Waals surface area contributed by atoms with Crippen LogP contribution in [0.5, 0.6) is 0 Å². The van der Waals surface area contributed by atoms with Crippen molar-refractivity contribution in [2.75, 3.05) is 39.6 Å². The van der Waals surface area contributed by atoms with Gasteiger partial charge in [0.1, 0.15) is 13.2 Å². The molecule has 1 rings (SSSR count). The van der Waals surface area contributed by atoms with Gasteiger partial charge in [-0.1, -0.05) is 12.2 Å². The number of hydrogen-bond acceptors (Lipinski definition) is 6. The smallest absolute Gasteiger partial charge is 0.330 e. The summed E-state index contributed by atoms with van der Waals surface area (Å²) in [5, 5.41) is 0. The van der Waals surface area contributed by atoms with Gasteiger partial charge in [-0.2, -0.15) is 0 Å². The minimum Gasteiger partial charge on any atom is -0.460 e. The summed E-state index contributed by atoms with van der Waals surface area (Å²) in [4.78, 5) is 22.7. The second-order valence-corrected chi connectivity index (χ2v) is 4.65. The normalized spacial score (nSPS) is 20.9. The molecule has 0 aromatic carbocycles. The van der Waals surface area contributed by atoms with Crippen molar-refractivity contribution in [2.24, 2.45) is 0 Å². The first-order valence-corrected chi connectivity index (χ1v) is 7.61. The van der Waals surface area contributed by atoms with Crippen LogP contribution < -0.4 is 0 Å². The molecule has 124 valence electrons. The Balaban J connectivity index is 2.30. The first kappa shape index (κ1) is 18.4. The second kappa shape index (κ2) is 13.0. The highest BCUT2D eigenvalue weighted by molar-refractivity contribution is 5.82. The first-order chi connectivity index (χ1) is 10.8. The molecule has 0 unspecified atom stereocenters. The molecule has 6 nitrogen and oxygen atoms in total. The summed E-state index contributed by atoms with van der Waals surface area (Å²) in [6.07, 6.45) is 9.98. The molecule has 0 spiro atoms. The Morgan fingerprint density at radius 1 is 0.636 bits per heavy atom. The number of carbonyl (C=O) groups excluding carboxylic acids is 2. The van der Waals surface area contributed by atoms with Crippen LogP contribution in [-0.2, 0) is 28.5 Å². The van der Waals surface area contributed by atoms with Crippen molar-refractivity contribution < 1.29 is 28.5 Å². The quantitative estimate of drug-likeness (QED) is 0.635. The van der Waals surface area contributed by atoms with Gasteiger partial charge in [-0.25, -0.2) is 9.59 Å². The lowest BCUT2D eigenvalue weighted by Crippen LogP contribution is -2.14. The highest BCUT2D eigenvalue weighted by Crippen LogP contribution is 2.02. The Kier molecular flexibility index (Phi) is 10.9. The summed E-state index contributed by atoms with van der Waals surface area (Å²) in [5.41, 5.74) is 0. The highest BCUT2D eigenvalue weighted by Gasteiger charge is 1.99. The summed E-state index contributed by atoms with van der Waals surface area (Å²) >= 11 is 0. The van der Waals surface area contributed by atoms with E-state index in [1.165, 1.54) is 12.2 Å². The molecule has 0 amide bonds. The minimum atomic E-state index is -0.350. The number of carbonyl (C=O) groups is 2. The second-order valence-electron chi connectivity index (χ2n) is 4.65. The number of hydrogen-bond donors (Lipinski definition) is 0. The molecule has 0 aromatic rings. The average Bonchev–Trinajstić information content (AvgIpc) is 2.50. The van der Waals surface area contributed by atoms with E-state index in [0.717, 1.165) is 25.7 Å². The first-order valence-electron chi connectivity index (χ1n) is 7.61. The number of allylic oxidation sites excluding steroid dienone is 2. The van der Waals surface area contributed by atoms with Gasteiger partial charge in [0.25, 0.3) is 0 Å². The van der Waals surface area contributed by atoms with Crippen molar-refractivity contribution in [1.29, 1.82) is 0 Å². The van der Waals surface area contributed by atoms with Gasteiger partial charge in [-0.15, -0.1) is 0 Å². The molecule has 1 aliphatic rings. The maximum Gasteiger partial charge on any atom is 0.330 e. The summed E-state index contributed by atoms with van der Waals surface area (Å²) in [7, 11) is 0. The Hall–Kier alpha value is -1.66. The summed E-state index contributed by atoms with van der Waals surface area (Å²) < 4.78 is 20.4. The fraction of sp³-hybridized carbons (Fsp3) is 0.625. The number of ether oxygens (including phenoxy) is 4. The van der Waals surface area contributed by atoms with Crippen LogP contribution >= 0.6 is 0 Å². The van der Waals surface area contributed by atoms with Crippen LogP contribution in [0.4, 0.5) is 0 Å². The lowest BCUT2D eigenvalue weighted by molar-refractivity contribution is -0.141. The molecule has 0 atom stereocenters. The Labute approximate surface area is 131 Å². The van der Waals surface area contributed by atoms with Crippen molar-refractivity contribution in [2.45, 2.75) is 25.7 Å². The molecular weight excluding hydrogens is 288 g/mol. The molecule has 1 aliphatic heterocycles. The maximum atomic E-state index is 11.3. The molecule has 0 radical (unpaired) electrons. The van der Waals surface area contributed by atoms with E-state index in [4.69, 9.17) is 18.9 Å². The van der Waals surface area contributed by atoms with Crippen molar-refractivity contribution in [3.05, 3.63) is 24.3 Å². The fourth-order valence-corrected chi connectivity index (χ4v) is 1.70. The van der Waals surface area contributed by atoms with Crippen LogP contribution in [0.15, 0.2) is 24.3 Å². The van der Waals surface area contributed by atoms with E-state index in [9.17, 15) is 9.59 Å². The van der Waals surface area contributed by atoms with E-state index >= 15 is 0 Å². The zero-order valence-electron chi connectivity index (χ0n) is 12.8. The van der Waals surface area contributed by atoms with Gasteiger partial charge in [0.2, 0.25) is 0 Å². The van der Waals surface area contributed by atoms with E-state index in [1.807, 2.05) is 0 Å². The summed E-state index contributed by atoms with van der Waals surface area (Å²) in [5.74, 6) is -0.700. The van der Waals surface area contributed by atoms with Gasteiger partial charge >= 0.3 is 11.9 Å². The van der Waals surface area contributed by atoms with Gasteiger partial charge in [-0.05, 0) is 25.7 Å². The topological polar surface area (TPSA) is 71.1 Å². The van der Waals surface area contributed by atoms with Crippen molar-refractivity contribution in [3.63, 3.8) is 0 Å². The van der Waals surface area contributed by atoms with E-state index in [-0.39, 0.29) is 25.2 Å². The van der Waals surface area contributed by atoms with Gasteiger partial charge in [0.15, 0.2) is 0 Å². The summed E-state index contributed by atoms with van der Waals surface area (Å²) in [6, 6.07) is 0. The molecule has 0 N–H and O–H groups in total. The predicted octanol–water partition coefficient (Wildman–Crippen LogP) is 1.79. The summed E-state index contributed by atoms with van der Waals surface area (Å²) in [6.45, 7) is 1.94. The van der Waals surface area contributed by atoms with Crippen molar-refractivity contribution in [3.8, 4) is 0 Å². The van der Waals surface area contributed by atoms with Crippen LogP contribution in [0.3, 0.4) is 0 Å². The minimum absolute atomic E-state index is 0.228. The predicted molar refractivity (Wildman–Crippen MR) is 80.3 cm³/mol. The Bertz CT molecular complexity index is 339. The van der Waals surface area contributed by atoms with Gasteiger partial charge in [-0.3, -0.25) is 0 Å². The molecule has 22 heavy (non-hydrogen) atoms. The van der Waals surface area contributed by atoms with Crippen LogP contribution in [0.2, 0.25) is 0 Å². The standard InChI is InChI=1S/C16H24O6/c17-15-7-5-3-1-2-4-6-8-16(18)22-14-12-20-10-9-19-11-13-21-15/h5-8H,1-4,9-14H2. The van der Waals surface area contributed by atoms with Crippen LogP contribution in [0.1, 0.15) is 25.7 Å². The highest BCUT2D eigenvalue weighted by atomic mass is 16.6. The Morgan fingerprint density at radius 3 is 1.50 bits per heavy atom. The molecule has 0 fully saturated rings. The van der Waals surface area contributed by atoms with Crippen LogP contribution in [0.25, 0.3) is 0 Å². The molecule has 0 aromatic heterocycles.